The van der Waals surface area contributed by atoms with Crippen molar-refractivity contribution in [3.63, 3.8) is 0 Å². The zero-order chi connectivity index (χ0) is 20.1. The summed E-state index contributed by atoms with van der Waals surface area (Å²) in [6, 6.07) is 9.41. The molecule has 156 valence electrons. The molecule has 1 atom stereocenters. The monoisotopic (exact) mass is 398 g/mol. The van der Waals surface area contributed by atoms with Gasteiger partial charge in [0.15, 0.2) is 0 Å². The first kappa shape index (κ1) is 20.0. The number of methoxy groups -OCH3 is 1. The largest absolute Gasteiger partial charge is 0.383 e. The quantitative estimate of drug-likeness (QED) is 0.661. The number of aromatic nitrogens is 4. The summed E-state index contributed by atoms with van der Waals surface area (Å²) in [5.41, 5.74) is 3.00. The molecule has 29 heavy (non-hydrogen) atoms. The van der Waals surface area contributed by atoms with E-state index in [1.807, 2.05) is 4.90 Å². The lowest BCUT2D eigenvalue weighted by Gasteiger charge is -2.38. The van der Waals surface area contributed by atoms with E-state index in [4.69, 9.17) is 4.74 Å². The molecule has 8 heteroatoms. The molecule has 1 amide bonds. The Bertz CT molecular complexity index is 771. The predicted octanol–water partition coefficient (Wildman–Crippen LogP) is 1.03. The number of hydrogen-bond acceptors (Lipinski definition) is 6. The molecule has 1 aliphatic carbocycles. The van der Waals surface area contributed by atoms with Crippen LogP contribution in [-0.2, 0) is 28.9 Å². The van der Waals surface area contributed by atoms with Gasteiger partial charge in [-0.2, -0.15) is 0 Å². The van der Waals surface area contributed by atoms with E-state index in [9.17, 15) is 4.79 Å². The SMILES string of the molecule is COCCN(C[C@@H]1CCCN(C2Cc3ccccc3C2)C1)C(=O)Cn1cnnn1. The van der Waals surface area contributed by atoms with E-state index in [1.165, 1.54) is 28.6 Å². The van der Waals surface area contributed by atoms with Crippen molar-refractivity contribution in [2.24, 2.45) is 5.92 Å². The molecule has 0 unspecified atom stereocenters. The van der Waals surface area contributed by atoms with E-state index in [0.29, 0.717) is 25.1 Å². The fraction of sp³-hybridized carbons (Fsp3) is 0.619. The molecule has 1 aromatic carbocycles. The van der Waals surface area contributed by atoms with Crippen LogP contribution < -0.4 is 0 Å². The van der Waals surface area contributed by atoms with Gasteiger partial charge in [0.1, 0.15) is 12.9 Å². The van der Waals surface area contributed by atoms with Gasteiger partial charge < -0.3 is 9.64 Å². The molecular formula is C21H30N6O2. The first-order valence-corrected chi connectivity index (χ1v) is 10.5. The minimum Gasteiger partial charge on any atom is -0.383 e. The maximum absolute atomic E-state index is 12.8. The predicted molar refractivity (Wildman–Crippen MR) is 108 cm³/mol. The molecule has 0 bridgehead atoms. The van der Waals surface area contributed by atoms with Crippen molar-refractivity contribution in [1.29, 1.82) is 0 Å². The summed E-state index contributed by atoms with van der Waals surface area (Å²) in [4.78, 5) is 17.4. The average Bonchev–Trinajstić information content (AvgIpc) is 3.40. The van der Waals surface area contributed by atoms with Crippen molar-refractivity contribution in [3.8, 4) is 0 Å². The maximum atomic E-state index is 12.8. The Labute approximate surface area is 171 Å². The van der Waals surface area contributed by atoms with Gasteiger partial charge >= 0.3 is 0 Å². The number of amides is 1. The standard InChI is InChI=1S/C21H30N6O2/c1-29-10-9-26(21(28)15-27-16-22-23-24-27)14-17-5-4-8-25(13-17)20-11-18-6-2-3-7-19(18)12-20/h2-3,6-7,16-17,20H,4-5,8-15H2,1H3/t17-/m1/s1. The lowest BCUT2D eigenvalue weighted by molar-refractivity contribution is -0.133. The van der Waals surface area contributed by atoms with Crippen molar-refractivity contribution in [2.45, 2.75) is 38.3 Å². The Morgan fingerprint density at radius 2 is 2.07 bits per heavy atom. The smallest absolute Gasteiger partial charge is 0.244 e. The third-order valence-electron chi connectivity index (χ3n) is 6.18. The molecule has 8 nitrogen and oxygen atoms in total. The minimum atomic E-state index is 0.0414. The van der Waals surface area contributed by atoms with Crippen LogP contribution in [0.1, 0.15) is 24.0 Å². The Kier molecular flexibility index (Phi) is 6.51. The second-order valence-corrected chi connectivity index (χ2v) is 8.17. The summed E-state index contributed by atoms with van der Waals surface area (Å²) < 4.78 is 6.71. The molecule has 1 fully saturated rings. The summed E-state index contributed by atoms with van der Waals surface area (Å²) >= 11 is 0. The van der Waals surface area contributed by atoms with Crippen LogP contribution >= 0.6 is 0 Å². The number of benzene rings is 1. The highest BCUT2D eigenvalue weighted by atomic mass is 16.5. The van der Waals surface area contributed by atoms with Crippen LogP contribution in [0.2, 0.25) is 0 Å². The Hall–Kier alpha value is -2.32. The van der Waals surface area contributed by atoms with Crippen LogP contribution in [0.15, 0.2) is 30.6 Å². The first-order chi connectivity index (χ1) is 14.2. The van der Waals surface area contributed by atoms with Crippen LogP contribution in [-0.4, -0.2) is 81.9 Å². The molecule has 2 aliphatic rings. The number of nitrogens with zero attached hydrogens (tertiary/aromatic N) is 6. The fourth-order valence-electron chi connectivity index (χ4n) is 4.69. The summed E-state index contributed by atoms with van der Waals surface area (Å²) in [6.45, 7) is 4.29. The summed E-state index contributed by atoms with van der Waals surface area (Å²) in [6.07, 6.45) is 6.13. The van der Waals surface area contributed by atoms with Crippen molar-refractivity contribution in [2.75, 3.05) is 39.9 Å². The molecule has 1 saturated heterocycles. The lowest BCUT2D eigenvalue weighted by atomic mass is 9.95. The number of fused-ring (bicyclic) bond motifs is 1. The van der Waals surface area contributed by atoms with Gasteiger partial charge in [-0.3, -0.25) is 9.69 Å². The van der Waals surface area contributed by atoms with Gasteiger partial charge in [-0.25, -0.2) is 4.68 Å². The summed E-state index contributed by atoms with van der Waals surface area (Å²) in [5.74, 6) is 0.530. The van der Waals surface area contributed by atoms with E-state index in [0.717, 1.165) is 38.9 Å². The van der Waals surface area contributed by atoms with Crippen LogP contribution in [0, 0.1) is 5.92 Å². The number of hydrogen-bond donors (Lipinski definition) is 0. The molecule has 0 saturated carbocycles. The number of ether oxygens (including phenoxy) is 1. The molecule has 1 aliphatic heterocycles. The molecule has 4 rings (SSSR count). The molecule has 1 aromatic heterocycles. The van der Waals surface area contributed by atoms with E-state index >= 15 is 0 Å². The topological polar surface area (TPSA) is 76.4 Å². The number of likely N-dealkylation sites (tertiary alicyclic amines) is 1. The van der Waals surface area contributed by atoms with Gasteiger partial charge in [-0.1, -0.05) is 24.3 Å². The number of piperidine rings is 1. The van der Waals surface area contributed by atoms with Crippen molar-refractivity contribution in [1.82, 2.24) is 30.0 Å². The molecular weight excluding hydrogens is 368 g/mol. The second kappa shape index (κ2) is 9.45. The van der Waals surface area contributed by atoms with E-state index in [-0.39, 0.29) is 12.5 Å². The Morgan fingerprint density at radius 1 is 1.28 bits per heavy atom. The zero-order valence-electron chi connectivity index (χ0n) is 17.1. The fourth-order valence-corrected chi connectivity index (χ4v) is 4.69. The zero-order valence-corrected chi connectivity index (χ0v) is 17.1. The van der Waals surface area contributed by atoms with E-state index in [1.54, 1.807) is 7.11 Å². The first-order valence-electron chi connectivity index (χ1n) is 10.5. The molecule has 0 radical (unpaired) electrons. The third-order valence-corrected chi connectivity index (χ3v) is 6.18. The number of carbonyl (C=O) groups excluding carboxylic acids is 1. The average molecular weight is 399 g/mol. The molecule has 2 heterocycles. The number of rotatable bonds is 8. The summed E-state index contributed by atoms with van der Waals surface area (Å²) in [7, 11) is 1.67. The van der Waals surface area contributed by atoms with Gasteiger partial charge in [0.05, 0.1) is 6.61 Å². The normalized spacial score (nSPS) is 20.0. The molecule has 0 spiro atoms. The van der Waals surface area contributed by atoms with Gasteiger partial charge in [0.25, 0.3) is 0 Å². The van der Waals surface area contributed by atoms with Gasteiger partial charge in [0.2, 0.25) is 5.91 Å². The highest BCUT2D eigenvalue weighted by Crippen LogP contribution is 2.29. The second-order valence-electron chi connectivity index (χ2n) is 8.17. The van der Waals surface area contributed by atoms with Gasteiger partial charge in [-0.05, 0) is 59.7 Å². The van der Waals surface area contributed by atoms with Crippen molar-refractivity contribution < 1.29 is 9.53 Å². The maximum Gasteiger partial charge on any atom is 0.244 e. The lowest BCUT2D eigenvalue weighted by Crippen LogP contribution is -2.48. The molecule has 2 aromatic rings. The minimum absolute atomic E-state index is 0.0414. The van der Waals surface area contributed by atoms with Crippen LogP contribution in [0.5, 0.6) is 0 Å². The van der Waals surface area contributed by atoms with Gasteiger partial charge in [0, 0.05) is 32.8 Å². The molecule has 0 N–H and O–H groups in total. The number of carbonyl (C=O) groups is 1. The Morgan fingerprint density at radius 3 is 2.76 bits per heavy atom. The summed E-state index contributed by atoms with van der Waals surface area (Å²) in [5, 5.41) is 11.0. The third kappa shape index (κ3) is 5.00. The van der Waals surface area contributed by atoms with E-state index < -0.39 is 0 Å². The van der Waals surface area contributed by atoms with E-state index in [2.05, 4.69) is 44.7 Å². The highest BCUT2D eigenvalue weighted by Gasteiger charge is 2.31. The van der Waals surface area contributed by atoms with Crippen LogP contribution in [0.3, 0.4) is 0 Å². The van der Waals surface area contributed by atoms with Crippen molar-refractivity contribution >= 4 is 5.91 Å². The highest BCUT2D eigenvalue weighted by molar-refractivity contribution is 5.75. The van der Waals surface area contributed by atoms with Gasteiger partial charge in [-0.15, -0.1) is 5.10 Å². The van der Waals surface area contributed by atoms with Crippen LogP contribution in [0.25, 0.3) is 0 Å². The van der Waals surface area contributed by atoms with Crippen molar-refractivity contribution in [3.05, 3.63) is 41.7 Å². The van der Waals surface area contributed by atoms with Crippen LogP contribution in [0.4, 0.5) is 0 Å². The Balaban J connectivity index is 1.35. The number of tetrazole rings is 1.